The number of amides is 1. The Labute approximate surface area is 199 Å². The molecule has 0 radical (unpaired) electrons. The Kier molecular flexibility index (Phi) is 7.94. The summed E-state index contributed by atoms with van der Waals surface area (Å²) in [6.07, 6.45) is 0. The van der Waals surface area contributed by atoms with Crippen LogP contribution in [0.5, 0.6) is 11.5 Å². The van der Waals surface area contributed by atoms with E-state index in [2.05, 4.69) is 15.5 Å². The largest absolute Gasteiger partial charge is 0.495 e. The molecule has 0 fully saturated rings. The van der Waals surface area contributed by atoms with E-state index in [1.807, 2.05) is 11.5 Å². The van der Waals surface area contributed by atoms with Gasteiger partial charge in [-0.15, -0.1) is 10.2 Å². The van der Waals surface area contributed by atoms with Gasteiger partial charge in [-0.1, -0.05) is 46.6 Å². The number of hydrogen-bond acceptors (Lipinski definition) is 6. The van der Waals surface area contributed by atoms with Gasteiger partial charge in [0.05, 0.1) is 35.7 Å². The van der Waals surface area contributed by atoms with Crippen molar-refractivity contribution in [2.24, 2.45) is 0 Å². The van der Waals surface area contributed by atoms with Crippen LogP contribution in [0.15, 0.2) is 35.5 Å². The van der Waals surface area contributed by atoms with Gasteiger partial charge in [-0.25, -0.2) is 0 Å². The zero-order valence-electron chi connectivity index (χ0n) is 16.9. The lowest BCUT2D eigenvalue weighted by molar-refractivity contribution is -0.113. The molecule has 7 nitrogen and oxygen atoms in total. The van der Waals surface area contributed by atoms with E-state index in [0.29, 0.717) is 49.8 Å². The fourth-order valence-electron chi connectivity index (χ4n) is 2.83. The number of aromatic nitrogens is 3. The average molecular weight is 502 g/mol. The Morgan fingerprint density at radius 1 is 1.06 bits per heavy atom. The molecule has 0 bridgehead atoms. The maximum absolute atomic E-state index is 12.6. The van der Waals surface area contributed by atoms with Crippen LogP contribution in [0, 0.1) is 0 Å². The third-order valence-electron chi connectivity index (χ3n) is 4.29. The van der Waals surface area contributed by atoms with Crippen molar-refractivity contribution >= 4 is 58.2 Å². The molecule has 11 heteroatoms. The highest BCUT2D eigenvalue weighted by Gasteiger charge is 2.18. The molecule has 3 rings (SSSR count). The monoisotopic (exact) mass is 500 g/mol. The lowest BCUT2D eigenvalue weighted by Crippen LogP contribution is -2.15. The Morgan fingerprint density at radius 3 is 2.45 bits per heavy atom. The second-order valence-electron chi connectivity index (χ2n) is 6.20. The Balaban J connectivity index is 1.75. The molecule has 0 aliphatic carbocycles. The first kappa shape index (κ1) is 23.5. The van der Waals surface area contributed by atoms with Crippen LogP contribution >= 0.6 is 46.6 Å². The van der Waals surface area contributed by atoms with Crippen molar-refractivity contribution in [3.8, 4) is 22.9 Å². The summed E-state index contributed by atoms with van der Waals surface area (Å²) in [6.45, 7) is 2.57. The first-order valence-corrected chi connectivity index (χ1v) is 11.2. The average Bonchev–Trinajstić information content (AvgIpc) is 3.15. The van der Waals surface area contributed by atoms with Crippen LogP contribution in [0.1, 0.15) is 6.92 Å². The Hall–Kier alpha value is -2.13. The van der Waals surface area contributed by atoms with E-state index < -0.39 is 0 Å². The van der Waals surface area contributed by atoms with Gasteiger partial charge in [0.2, 0.25) is 5.91 Å². The number of thioether (sulfide) groups is 1. The number of benzene rings is 2. The maximum atomic E-state index is 12.6. The summed E-state index contributed by atoms with van der Waals surface area (Å²) in [5.41, 5.74) is 1.18. The number of nitrogens with zero attached hydrogens (tertiary/aromatic N) is 3. The van der Waals surface area contributed by atoms with Crippen molar-refractivity contribution < 1.29 is 14.3 Å². The summed E-state index contributed by atoms with van der Waals surface area (Å²) >= 11 is 19.7. The van der Waals surface area contributed by atoms with Crippen molar-refractivity contribution in [2.75, 3.05) is 25.3 Å². The quantitative estimate of drug-likeness (QED) is 0.401. The number of rotatable bonds is 8. The van der Waals surface area contributed by atoms with E-state index in [4.69, 9.17) is 44.3 Å². The summed E-state index contributed by atoms with van der Waals surface area (Å²) in [5.74, 6) is 1.34. The Morgan fingerprint density at radius 2 is 1.81 bits per heavy atom. The van der Waals surface area contributed by atoms with E-state index >= 15 is 0 Å². The number of carbonyl (C=O) groups excluding carboxylic acids is 1. The third-order valence-corrected chi connectivity index (χ3v) is 6.10. The molecule has 1 heterocycles. The second-order valence-corrected chi connectivity index (χ2v) is 8.39. The lowest BCUT2D eigenvalue weighted by atomic mass is 10.2. The minimum Gasteiger partial charge on any atom is -0.495 e. The fourth-order valence-corrected chi connectivity index (χ4v) is 4.35. The predicted octanol–water partition coefficient (Wildman–Crippen LogP) is 5.67. The van der Waals surface area contributed by atoms with Crippen LogP contribution in [0.2, 0.25) is 15.1 Å². The fraction of sp³-hybridized carbons (Fsp3) is 0.250. The molecule has 1 amide bonds. The highest BCUT2D eigenvalue weighted by atomic mass is 35.5. The molecule has 1 N–H and O–H groups in total. The van der Waals surface area contributed by atoms with Gasteiger partial charge in [0, 0.05) is 29.3 Å². The number of halogens is 3. The van der Waals surface area contributed by atoms with Crippen LogP contribution in [0.3, 0.4) is 0 Å². The predicted molar refractivity (Wildman–Crippen MR) is 125 cm³/mol. The first-order valence-electron chi connectivity index (χ1n) is 9.10. The number of carbonyl (C=O) groups is 1. The van der Waals surface area contributed by atoms with E-state index in [1.165, 1.54) is 26.0 Å². The summed E-state index contributed by atoms with van der Waals surface area (Å²) < 4.78 is 12.4. The van der Waals surface area contributed by atoms with Crippen molar-refractivity contribution in [3.05, 3.63) is 45.4 Å². The zero-order valence-corrected chi connectivity index (χ0v) is 20.0. The maximum Gasteiger partial charge on any atom is 0.234 e. The van der Waals surface area contributed by atoms with Crippen molar-refractivity contribution in [1.29, 1.82) is 0 Å². The van der Waals surface area contributed by atoms with E-state index in [0.717, 1.165) is 5.56 Å². The van der Waals surface area contributed by atoms with Crippen LogP contribution in [0.25, 0.3) is 11.4 Å². The number of anilines is 1. The molecule has 0 spiro atoms. The SMILES string of the molecule is CCn1c(SCC(=O)Nc2cc(OC)c(Cl)cc2OC)nnc1-c1ccc(Cl)cc1Cl. The van der Waals surface area contributed by atoms with Crippen LogP contribution in [-0.4, -0.2) is 40.6 Å². The van der Waals surface area contributed by atoms with Gasteiger partial charge in [-0.05, 0) is 25.1 Å². The van der Waals surface area contributed by atoms with Crippen molar-refractivity contribution in [3.63, 3.8) is 0 Å². The molecule has 31 heavy (non-hydrogen) atoms. The van der Waals surface area contributed by atoms with Gasteiger partial charge in [-0.3, -0.25) is 4.79 Å². The second kappa shape index (κ2) is 10.5. The molecule has 0 aliphatic rings. The Bertz CT molecular complexity index is 1110. The van der Waals surface area contributed by atoms with Gasteiger partial charge in [0.15, 0.2) is 11.0 Å². The summed E-state index contributed by atoms with van der Waals surface area (Å²) in [5, 5.41) is 13.3. The molecule has 164 valence electrons. The molecule has 3 aromatic rings. The highest BCUT2D eigenvalue weighted by Crippen LogP contribution is 2.36. The molecule has 2 aromatic carbocycles. The minimum atomic E-state index is -0.246. The van der Waals surface area contributed by atoms with Crippen molar-refractivity contribution in [1.82, 2.24) is 14.8 Å². The number of ether oxygens (including phenoxy) is 2. The van der Waals surface area contributed by atoms with Crippen molar-refractivity contribution in [2.45, 2.75) is 18.6 Å². The molecular weight excluding hydrogens is 483 g/mol. The number of methoxy groups -OCH3 is 2. The zero-order chi connectivity index (χ0) is 22.5. The third kappa shape index (κ3) is 5.38. The minimum absolute atomic E-state index is 0.112. The van der Waals surface area contributed by atoms with E-state index in [9.17, 15) is 4.79 Å². The summed E-state index contributed by atoms with van der Waals surface area (Å²) in [6, 6.07) is 8.38. The molecular formula is C20H19Cl3N4O3S. The van der Waals surface area contributed by atoms with Crippen LogP contribution in [0.4, 0.5) is 5.69 Å². The molecule has 0 saturated carbocycles. The summed E-state index contributed by atoms with van der Waals surface area (Å²) in [4.78, 5) is 12.6. The smallest absolute Gasteiger partial charge is 0.234 e. The van der Waals surface area contributed by atoms with Gasteiger partial charge < -0.3 is 19.4 Å². The molecule has 1 aromatic heterocycles. The van der Waals surface area contributed by atoms with Gasteiger partial charge in [-0.2, -0.15) is 0 Å². The highest BCUT2D eigenvalue weighted by molar-refractivity contribution is 7.99. The molecule has 0 unspecified atom stereocenters. The van der Waals surface area contributed by atoms with Gasteiger partial charge >= 0.3 is 0 Å². The van der Waals surface area contributed by atoms with Crippen LogP contribution in [-0.2, 0) is 11.3 Å². The molecule has 0 saturated heterocycles. The normalized spacial score (nSPS) is 10.8. The molecule has 0 atom stereocenters. The number of nitrogens with one attached hydrogen (secondary N) is 1. The topological polar surface area (TPSA) is 78.3 Å². The number of hydrogen-bond donors (Lipinski definition) is 1. The van der Waals surface area contributed by atoms with E-state index in [1.54, 1.807) is 30.3 Å². The first-order chi connectivity index (χ1) is 14.9. The van der Waals surface area contributed by atoms with Crippen LogP contribution < -0.4 is 14.8 Å². The lowest BCUT2D eigenvalue weighted by Gasteiger charge is -2.13. The van der Waals surface area contributed by atoms with Gasteiger partial charge in [0.1, 0.15) is 11.5 Å². The molecule has 0 aliphatic heterocycles. The standard InChI is InChI=1S/C20H19Cl3N4O3S/c1-4-27-19(12-6-5-11(21)7-13(12)22)25-26-20(27)31-10-18(28)24-15-9-16(29-2)14(23)8-17(15)30-3/h5-9H,4,10H2,1-3H3,(H,24,28). The van der Waals surface area contributed by atoms with Gasteiger partial charge in [0.25, 0.3) is 0 Å². The van der Waals surface area contributed by atoms with E-state index in [-0.39, 0.29) is 11.7 Å². The summed E-state index contributed by atoms with van der Waals surface area (Å²) in [7, 11) is 2.99.